The molecule has 4 rings (SSSR count). The molecule has 0 radical (unpaired) electrons. The third-order valence-electron chi connectivity index (χ3n) is 4.03. The quantitative estimate of drug-likeness (QED) is 0.730. The highest BCUT2D eigenvalue weighted by Gasteiger charge is 2.18. The van der Waals surface area contributed by atoms with Crippen LogP contribution in [0.2, 0.25) is 0 Å². The monoisotopic (exact) mass is 401 g/mol. The molecule has 0 aromatic carbocycles. The largest absolute Gasteiger partial charge is 0.378 e. The second-order valence-corrected chi connectivity index (χ2v) is 6.61. The molecule has 1 aliphatic rings. The molecule has 25 heavy (non-hydrogen) atoms. The first kappa shape index (κ1) is 16.0. The number of rotatable bonds is 3. The van der Waals surface area contributed by atoms with Gasteiger partial charge in [0.1, 0.15) is 5.82 Å². The molecule has 8 heteroatoms. The Morgan fingerprint density at radius 3 is 2.84 bits per heavy atom. The lowest BCUT2D eigenvalue weighted by Crippen LogP contribution is -2.40. The van der Waals surface area contributed by atoms with Crippen molar-refractivity contribution in [3.8, 4) is 0 Å². The van der Waals surface area contributed by atoms with Crippen molar-refractivity contribution in [3.05, 3.63) is 53.0 Å². The van der Waals surface area contributed by atoms with Gasteiger partial charge in [-0.2, -0.15) is 0 Å². The molecule has 4 heterocycles. The van der Waals surface area contributed by atoms with Gasteiger partial charge in [0.25, 0.3) is 5.91 Å². The van der Waals surface area contributed by atoms with Crippen molar-refractivity contribution >= 4 is 39.0 Å². The van der Waals surface area contributed by atoms with Crippen LogP contribution in [0.15, 0.2) is 47.5 Å². The van der Waals surface area contributed by atoms with Gasteiger partial charge in [-0.3, -0.25) is 4.79 Å². The lowest BCUT2D eigenvalue weighted by molar-refractivity contribution is 0.0302. The molecule has 1 amide bonds. The highest BCUT2D eigenvalue weighted by molar-refractivity contribution is 9.10. The minimum atomic E-state index is -0.0135. The lowest BCUT2D eigenvalue weighted by atomic mass is 10.2. The number of fused-ring (bicyclic) bond motifs is 1. The Kier molecular flexibility index (Phi) is 4.37. The minimum absolute atomic E-state index is 0.0135. The molecule has 0 atom stereocenters. The fraction of sp³-hybridized carbons (Fsp3) is 0.235. The standard InChI is InChI=1S/C17H16BrN5O2/c18-13-9-14(16-19-3-4-23(16)11-13)21-15-2-1-12(10-20-15)17(24)22-5-7-25-8-6-22/h1-4,9-11H,5-8H2,(H,20,21). The number of hydrogen-bond acceptors (Lipinski definition) is 5. The molecular formula is C17H16BrN5O2. The van der Waals surface area contributed by atoms with Crippen molar-refractivity contribution in [1.29, 1.82) is 0 Å². The first-order chi connectivity index (χ1) is 12.2. The van der Waals surface area contributed by atoms with E-state index in [-0.39, 0.29) is 5.91 Å². The number of aromatic nitrogens is 3. The second-order valence-electron chi connectivity index (χ2n) is 5.69. The van der Waals surface area contributed by atoms with Crippen molar-refractivity contribution in [1.82, 2.24) is 19.3 Å². The Bertz CT molecular complexity index is 903. The highest BCUT2D eigenvalue weighted by atomic mass is 79.9. The molecule has 1 N–H and O–H groups in total. The van der Waals surface area contributed by atoms with Crippen molar-refractivity contribution in [2.24, 2.45) is 0 Å². The summed E-state index contributed by atoms with van der Waals surface area (Å²) in [7, 11) is 0. The number of amides is 1. The van der Waals surface area contributed by atoms with Gasteiger partial charge in [0, 0.05) is 42.3 Å². The number of carbonyl (C=O) groups is 1. The van der Waals surface area contributed by atoms with Gasteiger partial charge in [-0.15, -0.1) is 0 Å². The molecule has 1 fully saturated rings. The molecule has 128 valence electrons. The topological polar surface area (TPSA) is 71.8 Å². The maximum atomic E-state index is 12.4. The molecular weight excluding hydrogens is 386 g/mol. The summed E-state index contributed by atoms with van der Waals surface area (Å²) in [6, 6.07) is 5.53. The number of halogens is 1. The van der Waals surface area contributed by atoms with Crippen LogP contribution in [0.1, 0.15) is 10.4 Å². The van der Waals surface area contributed by atoms with E-state index >= 15 is 0 Å². The number of nitrogens with one attached hydrogen (secondary N) is 1. The van der Waals surface area contributed by atoms with E-state index < -0.39 is 0 Å². The lowest BCUT2D eigenvalue weighted by Gasteiger charge is -2.26. The summed E-state index contributed by atoms with van der Waals surface area (Å²) < 4.78 is 8.13. The van der Waals surface area contributed by atoms with Gasteiger partial charge in [0.05, 0.1) is 24.5 Å². The Labute approximate surface area is 152 Å². The fourth-order valence-corrected chi connectivity index (χ4v) is 3.22. The smallest absolute Gasteiger partial charge is 0.255 e. The van der Waals surface area contributed by atoms with E-state index in [1.54, 1.807) is 29.4 Å². The maximum absolute atomic E-state index is 12.4. The van der Waals surface area contributed by atoms with Crippen LogP contribution in [-0.4, -0.2) is 51.5 Å². The summed E-state index contributed by atoms with van der Waals surface area (Å²) >= 11 is 3.49. The van der Waals surface area contributed by atoms with E-state index in [2.05, 4.69) is 31.2 Å². The van der Waals surface area contributed by atoms with Crippen LogP contribution in [-0.2, 0) is 4.74 Å². The maximum Gasteiger partial charge on any atom is 0.255 e. The molecule has 0 saturated carbocycles. The Balaban J connectivity index is 1.54. The van der Waals surface area contributed by atoms with Crippen LogP contribution in [0.5, 0.6) is 0 Å². The Hall–Kier alpha value is -2.45. The van der Waals surface area contributed by atoms with E-state index in [1.165, 1.54) is 0 Å². The number of morpholine rings is 1. The molecule has 0 aliphatic carbocycles. The fourth-order valence-electron chi connectivity index (χ4n) is 2.77. The van der Waals surface area contributed by atoms with Gasteiger partial charge in [-0.1, -0.05) is 0 Å². The van der Waals surface area contributed by atoms with Crippen molar-refractivity contribution in [2.45, 2.75) is 0 Å². The number of pyridine rings is 2. The van der Waals surface area contributed by atoms with Crippen LogP contribution < -0.4 is 5.32 Å². The molecule has 0 unspecified atom stereocenters. The number of nitrogens with zero attached hydrogens (tertiary/aromatic N) is 4. The predicted octanol–water partition coefficient (Wildman–Crippen LogP) is 2.71. The summed E-state index contributed by atoms with van der Waals surface area (Å²) in [5, 5.41) is 3.25. The summed E-state index contributed by atoms with van der Waals surface area (Å²) in [4.78, 5) is 22.9. The summed E-state index contributed by atoms with van der Waals surface area (Å²) in [5.74, 6) is 0.641. The molecule has 3 aromatic rings. The normalized spacial score (nSPS) is 14.7. The van der Waals surface area contributed by atoms with Gasteiger partial charge in [-0.05, 0) is 34.1 Å². The third-order valence-corrected chi connectivity index (χ3v) is 4.46. The molecule has 7 nitrogen and oxygen atoms in total. The van der Waals surface area contributed by atoms with Crippen LogP contribution >= 0.6 is 15.9 Å². The zero-order chi connectivity index (χ0) is 17.2. The van der Waals surface area contributed by atoms with Crippen molar-refractivity contribution in [3.63, 3.8) is 0 Å². The van der Waals surface area contributed by atoms with E-state index in [0.29, 0.717) is 37.7 Å². The third kappa shape index (κ3) is 3.35. The van der Waals surface area contributed by atoms with Crippen LogP contribution in [0.4, 0.5) is 11.5 Å². The average Bonchev–Trinajstić information content (AvgIpc) is 3.11. The summed E-state index contributed by atoms with van der Waals surface area (Å²) in [6.07, 6.45) is 7.15. The van der Waals surface area contributed by atoms with Gasteiger partial charge < -0.3 is 19.4 Å². The number of anilines is 2. The summed E-state index contributed by atoms with van der Waals surface area (Å²) in [5.41, 5.74) is 2.21. The number of ether oxygens (including phenoxy) is 1. The van der Waals surface area contributed by atoms with Crippen LogP contribution in [0.25, 0.3) is 5.65 Å². The van der Waals surface area contributed by atoms with Gasteiger partial charge >= 0.3 is 0 Å². The molecule has 0 spiro atoms. The van der Waals surface area contributed by atoms with Crippen LogP contribution in [0.3, 0.4) is 0 Å². The molecule has 1 aliphatic heterocycles. The molecule has 1 saturated heterocycles. The number of imidazole rings is 1. The molecule has 3 aromatic heterocycles. The minimum Gasteiger partial charge on any atom is -0.378 e. The SMILES string of the molecule is O=C(c1ccc(Nc2cc(Br)cn3ccnc23)nc1)N1CCOCC1. The van der Waals surface area contributed by atoms with E-state index in [0.717, 1.165) is 15.8 Å². The first-order valence-electron chi connectivity index (χ1n) is 7.93. The van der Waals surface area contributed by atoms with E-state index in [1.807, 2.05) is 22.9 Å². The van der Waals surface area contributed by atoms with E-state index in [9.17, 15) is 4.79 Å². The zero-order valence-electron chi connectivity index (χ0n) is 13.4. The van der Waals surface area contributed by atoms with Gasteiger partial charge in [0.2, 0.25) is 0 Å². The zero-order valence-corrected chi connectivity index (χ0v) is 14.9. The Morgan fingerprint density at radius 1 is 1.24 bits per heavy atom. The molecule has 0 bridgehead atoms. The first-order valence-corrected chi connectivity index (χ1v) is 8.72. The van der Waals surface area contributed by atoms with Crippen LogP contribution in [0, 0.1) is 0 Å². The number of hydrogen-bond donors (Lipinski definition) is 1. The van der Waals surface area contributed by atoms with Crippen molar-refractivity contribution < 1.29 is 9.53 Å². The Morgan fingerprint density at radius 2 is 2.08 bits per heavy atom. The number of carbonyl (C=O) groups excluding carboxylic acids is 1. The average molecular weight is 402 g/mol. The van der Waals surface area contributed by atoms with Gasteiger partial charge in [-0.25, -0.2) is 9.97 Å². The van der Waals surface area contributed by atoms with E-state index in [4.69, 9.17) is 4.74 Å². The van der Waals surface area contributed by atoms with Gasteiger partial charge in [0.15, 0.2) is 5.65 Å². The highest BCUT2D eigenvalue weighted by Crippen LogP contribution is 2.24. The van der Waals surface area contributed by atoms with Crippen molar-refractivity contribution in [2.75, 3.05) is 31.6 Å². The summed E-state index contributed by atoms with van der Waals surface area (Å²) in [6.45, 7) is 2.41. The second kappa shape index (κ2) is 6.81. The predicted molar refractivity (Wildman–Crippen MR) is 97.1 cm³/mol.